The van der Waals surface area contributed by atoms with Gasteiger partial charge in [-0.3, -0.25) is 4.79 Å². The Morgan fingerprint density at radius 1 is 1.21 bits per heavy atom. The standard InChI is InChI=1S/C15H23NO3/c1-10(2)19-12-8-7-11(9-13(12)18-6)14(17)16-15(3,4)5/h7-10H,1-6H3,(H,16,17). The van der Waals surface area contributed by atoms with E-state index in [1.165, 1.54) is 0 Å². The highest BCUT2D eigenvalue weighted by Gasteiger charge is 2.17. The van der Waals surface area contributed by atoms with E-state index in [-0.39, 0.29) is 17.6 Å². The first-order valence-corrected chi connectivity index (χ1v) is 6.40. The van der Waals surface area contributed by atoms with Gasteiger partial charge in [-0.25, -0.2) is 0 Å². The van der Waals surface area contributed by atoms with Gasteiger partial charge in [0.15, 0.2) is 11.5 Å². The van der Waals surface area contributed by atoms with E-state index in [1.54, 1.807) is 25.3 Å². The van der Waals surface area contributed by atoms with E-state index in [0.29, 0.717) is 17.1 Å². The molecular weight excluding hydrogens is 242 g/mol. The number of methoxy groups -OCH3 is 1. The first-order valence-electron chi connectivity index (χ1n) is 6.40. The fourth-order valence-corrected chi connectivity index (χ4v) is 1.57. The molecule has 1 amide bonds. The predicted molar refractivity (Wildman–Crippen MR) is 76.0 cm³/mol. The first kappa shape index (κ1) is 15.3. The van der Waals surface area contributed by atoms with Crippen LogP contribution >= 0.6 is 0 Å². The third kappa shape index (κ3) is 4.81. The molecule has 0 saturated carbocycles. The van der Waals surface area contributed by atoms with Crippen molar-refractivity contribution in [3.05, 3.63) is 23.8 Å². The lowest BCUT2D eigenvalue weighted by Crippen LogP contribution is -2.40. The Labute approximate surface area is 115 Å². The van der Waals surface area contributed by atoms with Gasteiger partial charge in [-0.05, 0) is 52.8 Å². The SMILES string of the molecule is COc1cc(C(=O)NC(C)(C)C)ccc1OC(C)C. The van der Waals surface area contributed by atoms with Crippen LogP contribution in [0.1, 0.15) is 45.0 Å². The second-order valence-electron chi connectivity index (χ2n) is 5.74. The molecule has 0 saturated heterocycles. The van der Waals surface area contributed by atoms with Crippen molar-refractivity contribution in [2.24, 2.45) is 0 Å². The van der Waals surface area contributed by atoms with E-state index in [4.69, 9.17) is 9.47 Å². The van der Waals surface area contributed by atoms with Crippen molar-refractivity contribution >= 4 is 5.91 Å². The summed E-state index contributed by atoms with van der Waals surface area (Å²) in [5, 5.41) is 2.91. The molecule has 0 aromatic heterocycles. The van der Waals surface area contributed by atoms with Crippen LogP contribution < -0.4 is 14.8 Å². The van der Waals surface area contributed by atoms with Crippen LogP contribution in [0.4, 0.5) is 0 Å². The van der Waals surface area contributed by atoms with Gasteiger partial charge in [-0.2, -0.15) is 0 Å². The van der Waals surface area contributed by atoms with Gasteiger partial charge in [-0.1, -0.05) is 0 Å². The van der Waals surface area contributed by atoms with Gasteiger partial charge in [0.2, 0.25) is 0 Å². The average molecular weight is 265 g/mol. The maximum absolute atomic E-state index is 12.1. The van der Waals surface area contributed by atoms with Crippen LogP contribution in [0.15, 0.2) is 18.2 Å². The number of carbonyl (C=O) groups is 1. The Kier molecular flexibility index (Phi) is 4.81. The number of hydrogen-bond acceptors (Lipinski definition) is 3. The monoisotopic (exact) mass is 265 g/mol. The molecule has 0 aliphatic heterocycles. The fourth-order valence-electron chi connectivity index (χ4n) is 1.57. The second kappa shape index (κ2) is 5.95. The molecule has 0 heterocycles. The molecule has 0 fully saturated rings. The average Bonchev–Trinajstić information content (AvgIpc) is 2.26. The quantitative estimate of drug-likeness (QED) is 0.910. The van der Waals surface area contributed by atoms with Crippen molar-refractivity contribution in [1.29, 1.82) is 0 Å². The van der Waals surface area contributed by atoms with Crippen molar-refractivity contribution in [1.82, 2.24) is 5.32 Å². The summed E-state index contributed by atoms with van der Waals surface area (Å²) in [7, 11) is 1.56. The minimum absolute atomic E-state index is 0.0585. The number of nitrogens with one attached hydrogen (secondary N) is 1. The third-order valence-corrected chi connectivity index (χ3v) is 2.28. The number of carbonyl (C=O) groups excluding carboxylic acids is 1. The van der Waals surface area contributed by atoms with Gasteiger partial charge in [0.05, 0.1) is 13.2 Å². The van der Waals surface area contributed by atoms with Gasteiger partial charge in [-0.15, -0.1) is 0 Å². The summed E-state index contributed by atoms with van der Waals surface area (Å²) in [6.07, 6.45) is 0.0585. The minimum Gasteiger partial charge on any atom is -0.493 e. The maximum atomic E-state index is 12.1. The molecule has 4 nitrogen and oxygen atoms in total. The van der Waals surface area contributed by atoms with E-state index in [9.17, 15) is 4.79 Å². The van der Waals surface area contributed by atoms with Gasteiger partial charge in [0.25, 0.3) is 5.91 Å². The van der Waals surface area contributed by atoms with Crippen LogP contribution in [-0.2, 0) is 0 Å². The summed E-state index contributed by atoms with van der Waals surface area (Å²) in [5.74, 6) is 1.09. The molecule has 0 atom stereocenters. The molecule has 1 N–H and O–H groups in total. The largest absolute Gasteiger partial charge is 0.493 e. The molecule has 106 valence electrons. The summed E-state index contributed by atoms with van der Waals surface area (Å²) in [4.78, 5) is 12.1. The van der Waals surface area contributed by atoms with Crippen LogP contribution in [0.5, 0.6) is 11.5 Å². The normalized spacial score (nSPS) is 11.3. The number of benzene rings is 1. The van der Waals surface area contributed by atoms with Crippen LogP contribution in [-0.4, -0.2) is 24.7 Å². The van der Waals surface area contributed by atoms with E-state index in [0.717, 1.165) is 0 Å². The van der Waals surface area contributed by atoms with Crippen LogP contribution in [0.3, 0.4) is 0 Å². The molecule has 19 heavy (non-hydrogen) atoms. The lowest BCUT2D eigenvalue weighted by atomic mass is 10.1. The van der Waals surface area contributed by atoms with Gasteiger partial charge in [0.1, 0.15) is 0 Å². The van der Waals surface area contributed by atoms with E-state index < -0.39 is 0 Å². The van der Waals surface area contributed by atoms with E-state index in [2.05, 4.69) is 5.32 Å². The summed E-state index contributed by atoms with van der Waals surface area (Å²) < 4.78 is 10.9. The molecule has 0 spiro atoms. The fraction of sp³-hybridized carbons (Fsp3) is 0.533. The number of rotatable bonds is 4. The van der Waals surface area contributed by atoms with Gasteiger partial charge in [0, 0.05) is 11.1 Å². The molecule has 0 unspecified atom stereocenters. The van der Waals surface area contributed by atoms with E-state index >= 15 is 0 Å². The Balaban J connectivity index is 2.96. The number of amides is 1. The molecule has 1 aromatic carbocycles. The first-order chi connectivity index (χ1) is 8.73. The third-order valence-electron chi connectivity index (χ3n) is 2.28. The lowest BCUT2D eigenvalue weighted by molar-refractivity contribution is 0.0919. The van der Waals surface area contributed by atoms with Gasteiger partial charge >= 0.3 is 0 Å². The molecule has 4 heteroatoms. The number of ether oxygens (including phenoxy) is 2. The Morgan fingerprint density at radius 3 is 2.32 bits per heavy atom. The zero-order chi connectivity index (χ0) is 14.6. The van der Waals surface area contributed by atoms with Crippen molar-refractivity contribution < 1.29 is 14.3 Å². The van der Waals surface area contributed by atoms with Crippen LogP contribution in [0.2, 0.25) is 0 Å². The lowest BCUT2D eigenvalue weighted by Gasteiger charge is -2.21. The van der Waals surface area contributed by atoms with Crippen LogP contribution in [0.25, 0.3) is 0 Å². The van der Waals surface area contributed by atoms with Crippen molar-refractivity contribution in [2.75, 3.05) is 7.11 Å². The topological polar surface area (TPSA) is 47.6 Å². The highest BCUT2D eigenvalue weighted by atomic mass is 16.5. The molecule has 0 aliphatic carbocycles. The number of hydrogen-bond donors (Lipinski definition) is 1. The smallest absolute Gasteiger partial charge is 0.251 e. The highest BCUT2D eigenvalue weighted by Crippen LogP contribution is 2.29. The zero-order valence-electron chi connectivity index (χ0n) is 12.5. The van der Waals surface area contributed by atoms with Crippen molar-refractivity contribution in [3.63, 3.8) is 0 Å². The highest BCUT2D eigenvalue weighted by molar-refractivity contribution is 5.95. The molecule has 0 aliphatic rings. The summed E-state index contributed by atoms with van der Waals surface area (Å²) >= 11 is 0. The second-order valence-corrected chi connectivity index (χ2v) is 5.74. The minimum atomic E-state index is -0.266. The van der Waals surface area contributed by atoms with Crippen molar-refractivity contribution in [2.45, 2.75) is 46.3 Å². The Hall–Kier alpha value is -1.71. The summed E-state index contributed by atoms with van der Waals surface area (Å²) in [6, 6.07) is 5.19. The predicted octanol–water partition coefficient (Wildman–Crippen LogP) is 3.01. The Morgan fingerprint density at radius 2 is 1.84 bits per heavy atom. The van der Waals surface area contributed by atoms with E-state index in [1.807, 2.05) is 34.6 Å². The van der Waals surface area contributed by atoms with Gasteiger partial charge < -0.3 is 14.8 Å². The summed E-state index contributed by atoms with van der Waals surface area (Å²) in [6.45, 7) is 9.72. The Bertz CT molecular complexity index is 447. The molecule has 0 bridgehead atoms. The molecule has 1 rings (SSSR count). The van der Waals surface area contributed by atoms with Crippen molar-refractivity contribution in [3.8, 4) is 11.5 Å². The molecule has 0 radical (unpaired) electrons. The molecule has 1 aromatic rings. The van der Waals surface area contributed by atoms with Crippen LogP contribution in [0, 0.1) is 0 Å². The zero-order valence-corrected chi connectivity index (χ0v) is 12.5. The maximum Gasteiger partial charge on any atom is 0.251 e. The summed E-state index contributed by atoms with van der Waals surface area (Å²) in [5.41, 5.74) is 0.292. The molecular formula is C15H23NO3.